The van der Waals surface area contributed by atoms with Gasteiger partial charge in [0.2, 0.25) is 0 Å². The SMILES string of the molecule is Cc1ccc(CN(C(=O)c2cc(-c3ccccc3)nc3c2c(C)nn3C)C2CC2)cc1. The van der Waals surface area contributed by atoms with Crippen molar-refractivity contribution in [1.29, 1.82) is 0 Å². The van der Waals surface area contributed by atoms with Crippen molar-refractivity contribution >= 4 is 16.9 Å². The molecule has 1 saturated carbocycles. The van der Waals surface area contributed by atoms with E-state index in [9.17, 15) is 4.79 Å². The summed E-state index contributed by atoms with van der Waals surface area (Å²) in [6, 6.07) is 20.7. The van der Waals surface area contributed by atoms with Gasteiger partial charge >= 0.3 is 0 Å². The van der Waals surface area contributed by atoms with Crippen molar-refractivity contribution in [2.75, 3.05) is 0 Å². The van der Waals surface area contributed by atoms with Crippen LogP contribution in [-0.2, 0) is 13.6 Å². The minimum Gasteiger partial charge on any atom is -0.331 e. The summed E-state index contributed by atoms with van der Waals surface area (Å²) in [5, 5.41) is 5.41. The Hall–Kier alpha value is -3.47. The lowest BCUT2D eigenvalue weighted by molar-refractivity contribution is 0.0732. The average Bonchev–Trinajstić information content (AvgIpc) is 3.58. The normalized spacial score (nSPS) is 13.5. The number of aromatic nitrogens is 3. The molecule has 1 fully saturated rings. The van der Waals surface area contributed by atoms with Crippen LogP contribution >= 0.6 is 0 Å². The Morgan fingerprint density at radius 3 is 2.45 bits per heavy atom. The van der Waals surface area contributed by atoms with Gasteiger partial charge in [0.05, 0.1) is 22.3 Å². The first-order valence-corrected chi connectivity index (χ1v) is 10.8. The highest BCUT2D eigenvalue weighted by molar-refractivity contribution is 6.07. The molecule has 0 N–H and O–H groups in total. The quantitative estimate of drug-likeness (QED) is 0.462. The van der Waals surface area contributed by atoms with Gasteiger partial charge < -0.3 is 4.90 Å². The van der Waals surface area contributed by atoms with E-state index in [1.54, 1.807) is 4.68 Å². The van der Waals surface area contributed by atoms with Crippen molar-refractivity contribution in [3.8, 4) is 11.3 Å². The number of pyridine rings is 1. The molecule has 2 aromatic carbocycles. The summed E-state index contributed by atoms with van der Waals surface area (Å²) in [5.41, 5.74) is 6.44. The second-order valence-electron chi connectivity index (χ2n) is 8.48. The Bertz CT molecular complexity index is 1250. The molecule has 0 spiro atoms. The molecule has 1 aliphatic rings. The minimum atomic E-state index is 0.0590. The Morgan fingerprint density at radius 1 is 1.06 bits per heavy atom. The Labute approximate surface area is 182 Å². The first-order valence-electron chi connectivity index (χ1n) is 10.8. The van der Waals surface area contributed by atoms with E-state index >= 15 is 0 Å². The molecule has 5 rings (SSSR count). The summed E-state index contributed by atoms with van der Waals surface area (Å²) < 4.78 is 1.77. The number of aryl methyl sites for hydroxylation is 3. The van der Waals surface area contributed by atoms with Crippen LogP contribution in [0.4, 0.5) is 0 Å². The number of carbonyl (C=O) groups is 1. The van der Waals surface area contributed by atoms with Crippen molar-refractivity contribution < 1.29 is 4.79 Å². The van der Waals surface area contributed by atoms with Crippen molar-refractivity contribution in [1.82, 2.24) is 19.7 Å². The Balaban J connectivity index is 1.61. The van der Waals surface area contributed by atoms with Crippen molar-refractivity contribution in [2.45, 2.75) is 39.3 Å². The highest BCUT2D eigenvalue weighted by Crippen LogP contribution is 2.33. The standard InChI is InChI=1S/C26H26N4O/c1-17-9-11-19(12-10-17)16-30(21-13-14-21)26(31)22-15-23(20-7-5-4-6-8-20)27-25-24(22)18(2)28-29(25)3/h4-12,15,21H,13-14,16H2,1-3H3. The van der Waals surface area contributed by atoms with Gasteiger partial charge in [0.1, 0.15) is 0 Å². The minimum absolute atomic E-state index is 0.0590. The van der Waals surface area contributed by atoms with E-state index in [4.69, 9.17) is 4.98 Å². The fourth-order valence-electron chi connectivity index (χ4n) is 4.17. The van der Waals surface area contributed by atoms with Crippen LogP contribution in [0.3, 0.4) is 0 Å². The highest BCUT2D eigenvalue weighted by Gasteiger charge is 2.34. The van der Waals surface area contributed by atoms with E-state index in [-0.39, 0.29) is 5.91 Å². The maximum Gasteiger partial charge on any atom is 0.255 e. The lowest BCUT2D eigenvalue weighted by atomic mass is 10.0. The maximum absolute atomic E-state index is 13.9. The predicted molar refractivity (Wildman–Crippen MR) is 123 cm³/mol. The molecule has 0 unspecified atom stereocenters. The lowest BCUT2D eigenvalue weighted by Gasteiger charge is -2.23. The van der Waals surface area contributed by atoms with Crippen molar-refractivity contribution in [2.24, 2.45) is 7.05 Å². The highest BCUT2D eigenvalue weighted by atomic mass is 16.2. The van der Waals surface area contributed by atoms with Gasteiger partial charge in [0, 0.05) is 25.2 Å². The fraction of sp³-hybridized carbons (Fsp3) is 0.269. The van der Waals surface area contributed by atoms with Crippen LogP contribution in [0.5, 0.6) is 0 Å². The second-order valence-corrected chi connectivity index (χ2v) is 8.48. The molecule has 0 saturated heterocycles. The summed E-state index contributed by atoms with van der Waals surface area (Å²) in [6.07, 6.45) is 2.12. The topological polar surface area (TPSA) is 51.0 Å². The summed E-state index contributed by atoms with van der Waals surface area (Å²) >= 11 is 0. The molecule has 5 nitrogen and oxygen atoms in total. The molecule has 2 aromatic heterocycles. The first-order chi connectivity index (χ1) is 15.0. The van der Waals surface area contributed by atoms with Crippen molar-refractivity contribution in [3.05, 3.63) is 83.0 Å². The molecule has 0 atom stereocenters. The Morgan fingerprint density at radius 2 is 1.77 bits per heavy atom. The molecule has 0 radical (unpaired) electrons. The van der Waals surface area contributed by atoms with E-state index < -0.39 is 0 Å². The number of amides is 1. The monoisotopic (exact) mass is 410 g/mol. The van der Waals surface area contributed by atoms with Crippen LogP contribution < -0.4 is 0 Å². The maximum atomic E-state index is 13.9. The molecular formula is C26H26N4O. The number of rotatable bonds is 5. The number of carbonyl (C=O) groups excluding carboxylic acids is 1. The van der Waals surface area contributed by atoms with Crippen molar-refractivity contribution in [3.63, 3.8) is 0 Å². The zero-order valence-corrected chi connectivity index (χ0v) is 18.2. The second kappa shape index (κ2) is 7.65. The van der Waals surface area contributed by atoms with E-state index in [0.717, 1.165) is 46.4 Å². The molecule has 1 aliphatic carbocycles. The molecule has 0 aliphatic heterocycles. The van der Waals surface area contributed by atoms with Gasteiger partial charge in [-0.3, -0.25) is 9.48 Å². The van der Waals surface area contributed by atoms with Gasteiger partial charge in [-0.2, -0.15) is 5.10 Å². The number of hydrogen-bond acceptors (Lipinski definition) is 3. The molecule has 156 valence electrons. The van der Waals surface area contributed by atoms with Crippen LogP contribution in [0.15, 0.2) is 60.7 Å². The van der Waals surface area contributed by atoms with Crippen LogP contribution in [-0.4, -0.2) is 31.6 Å². The molecular weight excluding hydrogens is 384 g/mol. The van der Waals surface area contributed by atoms with Gasteiger partial charge in [-0.05, 0) is 38.3 Å². The Kier molecular flexibility index (Phi) is 4.81. The lowest BCUT2D eigenvalue weighted by Crippen LogP contribution is -2.33. The largest absolute Gasteiger partial charge is 0.331 e. The van der Waals surface area contributed by atoms with Gasteiger partial charge in [-0.25, -0.2) is 4.98 Å². The number of fused-ring (bicyclic) bond motifs is 1. The smallest absolute Gasteiger partial charge is 0.255 e. The van der Waals surface area contributed by atoms with Gasteiger partial charge in [-0.1, -0.05) is 60.2 Å². The summed E-state index contributed by atoms with van der Waals surface area (Å²) in [6.45, 7) is 4.65. The number of benzene rings is 2. The molecule has 4 aromatic rings. The molecule has 0 bridgehead atoms. The van der Waals surface area contributed by atoms with Crippen LogP contribution in [0, 0.1) is 13.8 Å². The first kappa shape index (κ1) is 19.5. The van der Waals surface area contributed by atoms with Crippen LogP contribution in [0.25, 0.3) is 22.3 Å². The third-order valence-corrected chi connectivity index (χ3v) is 5.99. The summed E-state index contributed by atoms with van der Waals surface area (Å²) in [7, 11) is 1.89. The van der Waals surface area contributed by atoms with E-state index in [1.165, 1.54) is 5.56 Å². The molecule has 2 heterocycles. The van der Waals surface area contributed by atoms with E-state index in [0.29, 0.717) is 18.2 Å². The van der Waals surface area contributed by atoms with E-state index in [2.05, 4.69) is 36.3 Å². The summed E-state index contributed by atoms with van der Waals surface area (Å²) in [5.74, 6) is 0.0590. The van der Waals surface area contributed by atoms with Crippen LogP contribution in [0.1, 0.15) is 40.0 Å². The predicted octanol–water partition coefficient (Wildman–Crippen LogP) is 5.06. The molecule has 5 heteroatoms. The third-order valence-electron chi connectivity index (χ3n) is 5.99. The van der Waals surface area contributed by atoms with Gasteiger partial charge in [0.25, 0.3) is 5.91 Å². The zero-order valence-electron chi connectivity index (χ0n) is 18.2. The van der Waals surface area contributed by atoms with E-state index in [1.807, 2.05) is 55.3 Å². The van der Waals surface area contributed by atoms with Gasteiger partial charge in [-0.15, -0.1) is 0 Å². The molecule has 1 amide bonds. The third kappa shape index (κ3) is 3.72. The fourth-order valence-corrected chi connectivity index (χ4v) is 4.17. The zero-order chi connectivity index (χ0) is 21.5. The number of hydrogen-bond donors (Lipinski definition) is 0. The number of nitrogens with zero attached hydrogens (tertiary/aromatic N) is 4. The average molecular weight is 411 g/mol. The van der Waals surface area contributed by atoms with Gasteiger partial charge in [0.15, 0.2) is 5.65 Å². The molecule has 31 heavy (non-hydrogen) atoms. The van der Waals surface area contributed by atoms with Crippen LogP contribution in [0.2, 0.25) is 0 Å². The summed E-state index contributed by atoms with van der Waals surface area (Å²) in [4.78, 5) is 20.8.